The van der Waals surface area contributed by atoms with Gasteiger partial charge in [0.1, 0.15) is 13.2 Å². The van der Waals surface area contributed by atoms with Gasteiger partial charge in [0, 0.05) is 38.0 Å². The molecular weight excluding hydrogens is 324 g/mol. The summed E-state index contributed by atoms with van der Waals surface area (Å²) < 4.78 is 11.3. The summed E-state index contributed by atoms with van der Waals surface area (Å²) >= 11 is 2.05. The zero-order valence-corrected chi connectivity index (χ0v) is 14.7. The maximum Gasteiger partial charge on any atom is 0.257 e. The average molecular weight is 348 g/mol. The van der Waals surface area contributed by atoms with Crippen LogP contribution in [-0.4, -0.2) is 72.6 Å². The zero-order valence-electron chi connectivity index (χ0n) is 13.9. The number of carbonyl (C=O) groups excluding carboxylic acids is 1. The minimum absolute atomic E-state index is 0.0694. The summed E-state index contributed by atoms with van der Waals surface area (Å²) in [5, 5.41) is 0. The number of nitrogens with zero attached hydrogens (tertiary/aromatic N) is 2. The Morgan fingerprint density at radius 1 is 1.12 bits per heavy atom. The van der Waals surface area contributed by atoms with E-state index in [1.807, 2.05) is 34.9 Å². The van der Waals surface area contributed by atoms with Gasteiger partial charge in [-0.15, -0.1) is 0 Å². The van der Waals surface area contributed by atoms with E-state index in [4.69, 9.17) is 9.47 Å². The van der Waals surface area contributed by atoms with Crippen LogP contribution in [-0.2, 0) is 0 Å². The molecule has 1 atom stereocenters. The van der Waals surface area contributed by atoms with Crippen molar-refractivity contribution in [2.45, 2.75) is 18.9 Å². The summed E-state index contributed by atoms with van der Waals surface area (Å²) in [6.45, 7) is 4.74. The highest BCUT2D eigenvalue weighted by atomic mass is 32.2. The second-order valence-corrected chi connectivity index (χ2v) is 7.68. The van der Waals surface area contributed by atoms with E-state index in [-0.39, 0.29) is 5.91 Å². The minimum atomic E-state index is 0.0694. The highest BCUT2D eigenvalue weighted by molar-refractivity contribution is 7.99. The lowest BCUT2D eigenvalue weighted by atomic mass is 10.1. The molecule has 4 rings (SSSR count). The Morgan fingerprint density at radius 2 is 2.04 bits per heavy atom. The fourth-order valence-corrected chi connectivity index (χ4v) is 4.98. The van der Waals surface area contributed by atoms with Crippen molar-refractivity contribution in [3.05, 3.63) is 23.8 Å². The number of hydrogen-bond acceptors (Lipinski definition) is 5. The largest absolute Gasteiger partial charge is 0.486 e. The van der Waals surface area contributed by atoms with Gasteiger partial charge in [0.05, 0.1) is 5.56 Å². The van der Waals surface area contributed by atoms with Crippen molar-refractivity contribution in [2.24, 2.45) is 0 Å². The number of thioether (sulfide) groups is 1. The van der Waals surface area contributed by atoms with E-state index < -0.39 is 0 Å². The molecule has 3 aliphatic heterocycles. The quantitative estimate of drug-likeness (QED) is 0.819. The third kappa shape index (κ3) is 3.22. The summed E-state index contributed by atoms with van der Waals surface area (Å²) in [5.74, 6) is 3.89. The first-order valence-corrected chi connectivity index (χ1v) is 9.98. The number of amides is 1. The maximum atomic E-state index is 13.0. The third-order valence-electron chi connectivity index (χ3n) is 5.04. The topological polar surface area (TPSA) is 42.0 Å². The van der Waals surface area contributed by atoms with Gasteiger partial charge in [-0.1, -0.05) is 6.07 Å². The predicted molar refractivity (Wildman–Crippen MR) is 95.3 cm³/mol. The van der Waals surface area contributed by atoms with Gasteiger partial charge in [-0.25, -0.2) is 0 Å². The molecule has 0 spiro atoms. The van der Waals surface area contributed by atoms with Gasteiger partial charge in [-0.05, 0) is 30.7 Å². The second kappa shape index (κ2) is 7.23. The molecular formula is C18H24N2O3S. The highest BCUT2D eigenvalue weighted by Gasteiger charge is 2.29. The lowest BCUT2D eigenvalue weighted by Crippen LogP contribution is -2.39. The van der Waals surface area contributed by atoms with Gasteiger partial charge in [-0.3, -0.25) is 9.69 Å². The van der Waals surface area contributed by atoms with E-state index in [9.17, 15) is 4.79 Å². The fraction of sp³-hybridized carbons (Fsp3) is 0.611. The van der Waals surface area contributed by atoms with Crippen LogP contribution in [0.3, 0.4) is 0 Å². The van der Waals surface area contributed by atoms with Gasteiger partial charge in [0.25, 0.3) is 5.91 Å². The Bertz CT molecular complexity index is 604. The Balaban J connectivity index is 1.47. The third-order valence-corrected chi connectivity index (χ3v) is 6.18. The number of benzene rings is 1. The molecule has 24 heavy (non-hydrogen) atoms. The van der Waals surface area contributed by atoms with Crippen molar-refractivity contribution in [2.75, 3.05) is 50.9 Å². The van der Waals surface area contributed by atoms with E-state index in [0.717, 1.165) is 32.6 Å². The van der Waals surface area contributed by atoms with Gasteiger partial charge in [-0.2, -0.15) is 11.8 Å². The standard InChI is InChI=1S/C18H24N2O3S/c21-18(15-3-1-4-16-17(15)23-11-10-22-16)20-7-2-6-19(8-9-20)14-5-12-24-13-14/h1,3-4,14H,2,5-13H2. The number of ether oxygens (including phenoxy) is 2. The van der Waals surface area contributed by atoms with E-state index in [0.29, 0.717) is 36.3 Å². The molecule has 1 aromatic rings. The first-order valence-electron chi connectivity index (χ1n) is 8.82. The molecule has 2 saturated heterocycles. The van der Waals surface area contributed by atoms with E-state index in [1.54, 1.807) is 0 Å². The normalized spacial score (nSPS) is 24.7. The zero-order chi connectivity index (χ0) is 16.4. The average Bonchev–Trinajstić information content (AvgIpc) is 3.05. The molecule has 0 bridgehead atoms. The Morgan fingerprint density at radius 3 is 2.92 bits per heavy atom. The van der Waals surface area contributed by atoms with Gasteiger partial charge in [0.2, 0.25) is 0 Å². The van der Waals surface area contributed by atoms with Crippen LogP contribution >= 0.6 is 11.8 Å². The van der Waals surface area contributed by atoms with Crippen molar-refractivity contribution in [3.63, 3.8) is 0 Å². The molecule has 3 heterocycles. The number of fused-ring (bicyclic) bond motifs is 1. The van der Waals surface area contributed by atoms with Crippen LogP contribution in [0.1, 0.15) is 23.2 Å². The van der Waals surface area contributed by atoms with Crippen molar-refractivity contribution in [3.8, 4) is 11.5 Å². The Hall–Kier alpha value is -1.40. The number of rotatable bonds is 2. The first-order chi connectivity index (χ1) is 11.8. The molecule has 1 amide bonds. The van der Waals surface area contributed by atoms with Gasteiger partial charge in [0.15, 0.2) is 11.5 Å². The first kappa shape index (κ1) is 16.1. The second-order valence-electron chi connectivity index (χ2n) is 6.53. The van der Waals surface area contributed by atoms with Gasteiger partial charge < -0.3 is 14.4 Å². The van der Waals surface area contributed by atoms with E-state index in [2.05, 4.69) is 4.90 Å². The molecule has 1 aromatic carbocycles. The van der Waals surface area contributed by atoms with Crippen molar-refractivity contribution in [1.82, 2.24) is 9.80 Å². The SMILES string of the molecule is O=C(c1cccc2c1OCCO2)N1CCCN(C2CCSC2)CC1. The monoisotopic (exact) mass is 348 g/mol. The van der Waals surface area contributed by atoms with Crippen LogP contribution < -0.4 is 9.47 Å². The fourth-order valence-electron chi connectivity index (χ4n) is 3.73. The summed E-state index contributed by atoms with van der Waals surface area (Å²) in [6, 6.07) is 6.30. The van der Waals surface area contributed by atoms with Crippen LogP contribution in [0.2, 0.25) is 0 Å². The van der Waals surface area contributed by atoms with Crippen molar-refractivity contribution >= 4 is 17.7 Å². The summed E-state index contributed by atoms with van der Waals surface area (Å²) in [4.78, 5) is 17.6. The van der Waals surface area contributed by atoms with E-state index >= 15 is 0 Å². The molecule has 5 nitrogen and oxygen atoms in total. The molecule has 2 fully saturated rings. The highest BCUT2D eigenvalue weighted by Crippen LogP contribution is 2.34. The van der Waals surface area contributed by atoms with Crippen LogP contribution in [0.25, 0.3) is 0 Å². The number of carbonyl (C=O) groups is 1. The molecule has 0 saturated carbocycles. The number of para-hydroxylation sites is 1. The van der Waals surface area contributed by atoms with Crippen molar-refractivity contribution < 1.29 is 14.3 Å². The molecule has 0 aliphatic carbocycles. The predicted octanol–water partition coefficient (Wildman–Crippen LogP) is 2.11. The van der Waals surface area contributed by atoms with Crippen LogP contribution in [0.5, 0.6) is 11.5 Å². The van der Waals surface area contributed by atoms with E-state index in [1.165, 1.54) is 17.9 Å². The Kier molecular flexibility index (Phi) is 4.85. The minimum Gasteiger partial charge on any atom is -0.486 e. The van der Waals surface area contributed by atoms with Crippen LogP contribution in [0.15, 0.2) is 18.2 Å². The maximum absolute atomic E-state index is 13.0. The van der Waals surface area contributed by atoms with Crippen LogP contribution in [0, 0.1) is 0 Å². The molecule has 3 aliphatic rings. The molecule has 1 unspecified atom stereocenters. The molecule has 0 radical (unpaired) electrons. The lowest BCUT2D eigenvalue weighted by molar-refractivity contribution is 0.0748. The molecule has 0 N–H and O–H groups in total. The Labute approximate surface area is 147 Å². The van der Waals surface area contributed by atoms with Gasteiger partial charge >= 0.3 is 0 Å². The number of hydrogen-bond donors (Lipinski definition) is 0. The molecule has 6 heteroatoms. The summed E-state index contributed by atoms with van der Waals surface area (Å²) in [7, 11) is 0. The lowest BCUT2D eigenvalue weighted by Gasteiger charge is -2.27. The summed E-state index contributed by atoms with van der Waals surface area (Å²) in [5.41, 5.74) is 0.636. The smallest absolute Gasteiger partial charge is 0.257 e. The van der Waals surface area contributed by atoms with Crippen molar-refractivity contribution in [1.29, 1.82) is 0 Å². The van der Waals surface area contributed by atoms with Crippen LogP contribution in [0.4, 0.5) is 0 Å². The molecule has 130 valence electrons. The summed E-state index contributed by atoms with van der Waals surface area (Å²) in [6.07, 6.45) is 2.33. The molecule has 0 aromatic heterocycles.